The fourth-order valence-electron chi connectivity index (χ4n) is 6.26. The first-order chi connectivity index (χ1) is 14.6. The van der Waals surface area contributed by atoms with E-state index in [-0.39, 0.29) is 0 Å². The Labute approximate surface area is 188 Å². The summed E-state index contributed by atoms with van der Waals surface area (Å²) in [4.78, 5) is 13.0. The molecule has 1 aromatic rings. The average Bonchev–Trinajstić information content (AvgIpc) is 3.05. The summed E-state index contributed by atoms with van der Waals surface area (Å²) in [7, 11) is 2.06. The van der Waals surface area contributed by atoms with E-state index in [2.05, 4.69) is 73.6 Å². The Hall–Kier alpha value is -2.04. The third-order valence-electron chi connectivity index (χ3n) is 8.70. The van der Waals surface area contributed by atoms with E-state index in [1.54, 1.807) is 11.9 Å². The Morgan fingerprint density at radius 1 is 1.26 bits per heavy atom. The van der Waals surface area contributed by atoms with Crippen LogP contribution in [0.5, 0.6) is 0 Å². The normalized spacial score (nSPS) is 30.1. The van der Waals surface area contributed by atoms with Crippen molar-refractivity contribution in [2.45, 2.75) is 73.1 Å². The first-order valence-electron chi connectivity index (χ1n) is 12.1. The van der Waals surface area contributed by atoms with Gasteiger partial charge in [0.15, 0.2) is 11.6 Å². The Morgan fingerprint density at radius 3 is 2.81 bits per heavy atom. The van der Waals surface area contributed by atoms with E-state index in [0.29, 0.717) is 16.6 Å². The molecule has 170 valence electrons. The number of anilines is 3. The van der Waals surface area contributed by atoms with Crippen molar-refractivity contribution >= 4 is 17.3 Å². The summed E-state index contributed by atoms with van der Waals surface area (Å²) in [6, 6.07) is 0. The van der Waals surface area contributed by atoms with Gasteiger partial charge in [0.1, 0.15) is 12.0 Å². The third-order valence-corrected chi connectivity index (χ3v) is 8.70. The van der Waals surface area contributed by atoms with Crippen molar-refractivity contribution < 1.29 is 0 Å². The van der Waals surface area contributed by atoms with E-state index in [4.69, 9.17) is 5.73 Å². The summed E-state index contributed by atoms with van der Waals surface area (Å²) in [5, 5.41) is 0. The summed E-state index contributed by atoms with van der Waals surface area (Å²) in [5.41, 5.74) is 11.2. The molecule has 1 fully saturated rings. The molecule has 2 aliphatic carbocycles. The van der Waals surface area contributed by atoms with Crippen LogP contribution in [0, 0.1) is 22.7 Å². The molecule has 0 radical (unpaired) electrons. The molecule has 4 rings (SSSR count). The van der Waals surface area contributed by atoms with Gasteiger partial charge < -0.3 is 15.5 Å². The van der Waals surface area contributed by atoms with Crippen LogP contribution in [0.15, 0.2) is 29.6 Å². The highest BCUT2D eigenvalue weighted by Gasteiger charge is 2.47. The molecule has 1 aromatic heterocycles. The highest BCUT2D eigenvalue weighted by atomic mass is 15.4. The minimum absolute atomic E-state index is 0.328. The number of aromatic nitrogens is 2. The fourth-order valence-corrected chi connectivity index (χ4v) is 6.26. The Morgan fingerprint density at radius 2 is 2.03 bits per heavy atom. The third kappa shape index (κ3) is 3.96. The first kappa shape index (κ1) is 22.2. The largest absolute Gasteiger partial charge is 0.382 e. The molecule has 2 heterocycles. The van der Waals surface area contributed by atoms with Crippen LogP contribution in [0.3, 0.4) is 0 Å². The molecule has 0 aromatic carbocycles. The van der Waals surface area contributed by atoms with E-state index in [0.717, 1.165) is 43.0 Å². The summed E-state index contributed by atoms with van der Waals surface area (Å²) in [6.07, 6.45) is 14.3. The van der Waals surface area contributed by atoms with Gasteiger partial charge >= 0.3 is 0 Å². The fraction of sp³-hybridized carbons (Fsp3) is 0.692. The van der Waals surface area contributed by atoms with Crippen molar-refractivity contribution in [1.82, 2.24) is 9.97 Å². The van der Waals surface area contributed by atoms with Gasteiger partial charge in [0, 0.05) is 13.6 Å². The smallest absolute Gasteiger partial charge is 0.159 e. The number of rotatable bonds is 5. The quantitative estimate of drug-likeness (QED) is 0.607. The monoisotopic (exact) mass is 423 g/mol. The molecule has 0 unspecified atom stereocenters. The number of hydrogen-bond donors (Lipinski definition) is 1. The van der Waals surface area contributed by atoms with Gasteiger partial charge in [-0.2, -0.15) is 0 Å². The second-order valence-electron chi connectivity index (χ2n) is 11.2. The number of nitrogens with zero attached hydrogens (tertiary/aromatic N) is 4. The van der Waals surface area contributed by atoms with Crippen LogP contribution in [-0.4, -0.2) is 30.2 Å². The van der Waals surface area contributed by atoms with Crippen molar-refractivity contribution in [3.05, 3.63) is 29.6 Å². The molecule has 0 bridgehead atoms. The Kier molecular flexibility index (Phi) is 5.82. The van der Waals surface area contributed by atoms with E-state index in [9.17, 15) is 0 Å². The van der Waals surface area contributed by atoms with Crippen LogP contribution >= 0.6 is 0 Å². The lowest BCUT2D eigenvalue weighted by atomic mass is 9.52. The van der Waals surface area contributed by atoms with E-state index >= 15 is 0 Å². The topological polar surface area (TPSA) is 58.3 Å². The zero-order valence-electron chi connectivity index (χ0n) is 20.4. The maximum absolute atomic E-state index is 6.16. The standard InChI is InChI=1S/C26H41N5/c1-18(12-15-31-17-30(6)24-22(31)23(27)28-16-29-24)11-14-26(5)19(2)9-10-20-21(26)8-7-13-25(20,3)4/h8,12,16,19-20H,7,9-11,13-15,17H2,1-6H3,(H2,27,28,29)/b18-12+/t19-,20+,26-/m0/s1. The van der Waals surface area contributed by atoms with Gasteiger partial charge in [-0.1, -0.05) is 51.0 Å². The molecular weight excluding hydrogens is 382 g/mol. The van der Waals surface area contributed by atoms with Gasteiger partial charge in [0.05, 0.1) is 6.67 Å². The SMILES string of the molecule is C/C(=C\CN1CN(C)c2ncnc(N)c21)CC[C@]1(C)C2=CCCC(C)(C)[C@@H]2CC[C@@H]1C. The van der Waals surface area contributed by atoms with Crippen LogP contribution in [0.2, 0.25) is 0 Å². The Bertz CT molecular complexity index is 886. The minimum Gasteiger partial charge on any atom is -0.382 e. The zero-order valence-corrected chi connectivity index (χ0v) is 20.4. The summed E-state index contributed by atoms with van der Waals surface area (Å²) in [5.74, 6) is 3.03. The lowest BCUT2D eigenvalue weighted by Crippen LogP contribution is -2.43. The summed E-state index contributed by atoms with van der Waals surface area (Å²) >= 11 is 0. The maximum Gasteiger partial charge on any atom is 0.159 e. The van der Waals surface area contributed by atoms with Gasteiger partial charge in [0.2, 0.25) is 0 Å². The highest BCUT2D eigenvalue weighted by molar-refractivity contribution is 5.81. The molecule has 0 amide bonds. The van der Waals surface area contributed by atoms with Crippen LogP contribution in [0.1, 0.15) is 73.1 Å². The summed E-state index contributed by atoms with van der Waals surface area (Å²) < 4.78 is 0. The molecule has 0 saturated heterocycles. The van der Waals surface area contributed by atoms with Gasteiger partial charge in [-0.25, -0.2) is 9.97 Å². The molecule has 3 aliphatic rings. The highest BCUT2D eigenvalue weighted by Crippen LogP contribution is 2.58. The number of allylic oxidation sites excluding steroid dienone is 3. The minimum atomic E-state index is 0.328. The van der Waals surface area contributed by atoms with Crippen molar-refractivity contribution in [2.24, 2.45) is 22.7 Å². The molecule has 2 N–H and O–H groups in total. The second kappa shape index (κ2) is 8.14. The molecule has 5 heteroatoms. The van der Waals surface area contributed by atoms with Crippen molar-refractivity contribution in [2.75, 3.05) is 35.8 Å². The summed E-state index contributed by atoms with van der Waals surface area (Å²) in [6.45, 7) is 14.0. The van der Waals surface area contributed by atoms with E-state index < -0.39 is 0 Å². The zero-order chi connectivity index (χ0) is 22.4. The van der Waals surface area contributed by atoms with Crippen molar-refractivity contribution in [3.63, 3.8) is 0 Å². The predicted molar refractivity (Wildman–Crippen MR) is 131 cm³/mol. The molecule has 1 aliphatic heterocycles. The van der Waals surface area contributed by atoms with Gasteiger partial charge in [-0.15, -0.1) is 0 Å². The predicted octanol–water partition coefficient (Wildman–Crippen LogP) is 5.80. The lowest BCUT2D eigenvalue weighted by molar-refractivity contribution is 0.0812. The maximum atomic E-state index is 6.16. The lowest BCUT2D eigenvalue weighted by Gasteiger charge is -2.53. The van der Waals surface area contributed by atoms with Gasteiger partial charge in [-0.3, -0.25) is 0 Å². The van der Waals surface area contributed by atoms with Crippen molar-refractivity contribution in [3.8, 4) is 0 Å². The Balaban J connectivity index is 1.44. The van der Waals surface area contributed by atoms with Crippen LogP contribution in [-0.2, 0) is 0 Å². The molecule has 0 spiro atoms. The van der Waals surface area contributed by atoms with Gasteiger partial charge in [0.25, 0.3) is 0 Å². The number of fused-ring (bicyclic) bond motifs is 2. The first-order valence-corrected chi connectivity index (χ1v) is 12.1. The molecular formula is C26H41N5. The second-order valence-corrected chi connectivity index (χ2v) is 11.2. The average molecular weight is 424 g/mol. The van der Waals surface area contributed by atoms with Crippen molar-refractivity contribution in [1.29, 1.82) is 0 Å². The van der Waals surface area contributed by atoms with E-state index in [1.807, 2.05) is 0 Å². The van der Waals surface area contributed by atoms with E-state index in [1.165, 1.54) is 37.7 Å². The van der Waals surface area contributed by atoms with Crippen LogP contribution in [0.25, 0.3) is 0 Å². The number of nitrogen functional groups attached to an aromatic ring is 1. The number of nitrogens with two attached hydrogens (primary N) is 1. The van der Waals surface area contributed by atoms with Crippen LogP contribution < -0.4 is 15.5 Å². The molecule has 31 heavy (non-hydrogen) atoms. The molecule has 1 saturated carbocycles. The molecule has 3 atom stereocenters. The molecule has 5 nitrogen and oxygen atoms in total. The van der Waals surface area contributed by atoms with Crippen LogP contribution in [0.4, 0.5) is 17.3 Å². The number of hydrogen-bond acceptors (Lipinski definition) is 5. The van der Waals surface area contributed by atoms with Gasteiger partial charge in [-0.05, 0) is 68.1 Å².